The number of carboxylic acid groups (broad SMARTS) is 1. The van der Waals surface area contributed by atoms with Crippen LogP contribution in [0.25, 0.3) is 0 Å². The van der Waals surface area contributed by atoms with Crippen LogP contribution in [0.2, 0.25) is 0 Å². The van der Waals surface area contributed by atoms with E-state index < -0.39 is 11.5 Å². The van der Waals surface area contributed by atoms with Gasteiger partial charge in [0.15, 0.2) is 0 Å². The number of aliphatic carboxylic acids is 1. The monoisotopic (exact) mass is 299 g/mol. The molecular formula is C16H33N3O2. The molecule has 0 spiro atoms. The Bertz CT molecular complexity index is 335. The molecule has 1 fully saturated rings. The number of likely N-dealkylation sites (tertiary alicyclic amines) is 1. The predicted octanol–water partition coefficient (Wildman–Crippen LogP) is 1.63. The lowest BCUT2D eigenvalue weighted by Gasteiger charge is -2.30. The molecule has 2 unspecified atom stereocenters. The molecule has 1 aliphatic rings. The van der Waals surface area contributed by atoms with E-state index in [1.807, 2.05) is 13.8 Å². The van der Waals surface area contributed by atoms with Gasteiger partial charge < -0.3 is 14.9 Å². The molecule has 1 heterocycles. The highest BCUT2D eigenvalue weighted by molar-refractivity contribution is 5.78. The summed E-state index contributed by atoms with van der Waals surface area (Å²) in [5.41, 5.74) is -0.820. The average molecular weight is 299 g/mol. The van der Waals surface area contributed by atoms with Gasteiger partial charge in [-0.3, -0.25) is 10.1 Å². The summed E-state index contributed by atoms with van der Waals surface area (Å²) in [6, 6.07) is 0.839. The van der Waals surface area contributed by atoms with Gasteiger partial charge in [-0.25, -0.2) is 0 Å². The lowest BCUT2D eigenvalue weighted by atomic mass is 9.94. The minimum atomic E-state index is -0.820. The largest absolute Gasteiger partial charge is 0.480 e. The molecule has 5 nitrogen and oxygen atoms in total. The van der Waals surface area contributed by atoms with Crippen LogP contribution in [0.3, 0.4) is 0 Å². The first kappa shape index (κ1) is 18.4. The Morgan fingerprint density at radius 2 is 2.19 bits per heavy atom. The van der Waals surface area contributed by atoms with Crippen LogP contribution in [0.4, 0.5) is 0 Å². The van der Waals surface area contributed by atoms with Gasteiger partial charge in [0.25, 0.3) is 0 Å². The summed E-state index contributed by atoms with van der Waals surface area (Å²) in [4.78, 5) is 16.2. The number of carbonyl (C=O) groups is 1. The first-order chi connectivity index (χ1) is 9.74. The topological polar surface area (TPSA) is 55.8 Å². The van der Waals surface area contributed by atoms with Crippen LogP contribution in [-0.2, 0) is 4.79 Å². The number of likely N-dealkylation sites (N-methyl/N-ethyl adjacent to an activating group) is 2. The number of hydrogen-bond acceptors (Lipinski definition) is 4. The molecule has 5 heteroatoms. The highest BCUT2D eigenvalue weighted by Crippen LogP contribution is 2.17. The van der Waals surface area contributed by atoms with Crippen molar-refractivity contribution in [2.24, 2.45) is 0 Å². The van der Waals surface area contributed by atoms with Gasteiger partial charge in [-0.15, -0.1) is 0 Å². The van der Waals surface area contributed by atoms with E-state index in [2.05, 4.69) is 29.2 Å². The summed E-state index contributed by atoms with van der Waals surface area (Å²) in [6.07, 6.45) is 4.13. The maximum Gasteiger partial charge on any atom is 0.323 e. The van der Waals surface area contributed by atoms with E-state index in [-0.39, 0.29) is 6.04 Å². The molecule has 0 bridgehead atoms. The molecule has 0 aliphatic carbocycles. The Kier molecular flexibility index (Phi) is 7.10. The van der Waals surface area contributed by atoms with Gasteiger partial charge in [-0.05, 0) is 73.6 Å². The number of nitrogens with one attached hydrogen (secondary N) is 1. The highest BCUT2D eigenvalue weighted by Gasteiger charge is 2.33. The van der Waals surface area contributed by atoms with Crippen LogP contribution in [-0.4, -0.2) is 72.2 Å². The number of nitrogens with zero attached hydrogens (tertiary/aromatic N) is 2. The van der Waals surface area contributed by atoms with Gasteiger partial charge in [0, 0.05) is 18.6 Å². The van der Waals surface area contributed by atoms with Crippen molar-refractivity contribution in [3.63, 3.8) is 0 Å². The Morgan fingerprint density at radius 1 is 1.52 bits per heavy atom. The van der Waals surface area contributed by atoms with Crippen molar-refractivity contribution in [2.75, 3.05) is 33.7 Å². The van der Waals surface area contributed by atoms with Crippen molar-refractivity contribution < 1.29 is 9.90 Å². The van der Waals surface area contributed by atoms with E-state index >= 15 is 0 Å². The van der Waals surface area contributed by atoms with Crippen LogP contribution >= 0.6 is 0 Å². The molecule has 0 aromatic heterocycles. The van der Waals surface area contributed by atoms with Gasteiger partial charge in [0.05, 0.1) is 0 Å². The standard InChI is InChI=1S/C16H33N3O2/c1-13(2)17-16(3,15(20)21)9-7-10-18(4)12-14-8-6-11-19(14)5/h13-14,17H,6-12H2,1-5H3,(H,20,21). The summed E-state index contributed by atoms with van der Waals surface area (Å²) in [5.74, 6) is -0.755. The molecule has 2 N–H and O–H groups in total. The highest BCUT2D eigenvalue weighted by atomic mass is 16.4. The molecule has 2 atom stereocenters. The summed E-state index contributed by atoms with van der Waals surface area (Å²) in [6.45, 7) is 9.01. The third kappa shape index (κ3) is 5.93. The zero-order valence-corrected chi connectivity index (χ0v) is 14.4. The summed E-state index contributed by atoms with van der Waals surface area (Å²) in [7, 11) is 4.33. The van der Waals surface area contributed by atoms with Gasteiger partial charge in [-0.1, -0.05) is 0 Å². The molecule has 0 radical (unpaired) electrons. The fourth-order valence-electron chi connectivity index (χ4n) is 3.24. The first-order valence-electron chi connectivity index (χ1n) is 8.14. The third-order valence-corrected chi connectivity index (χ3v) is 4.49. The van der Waals surface area contributed by atoms with Gasteiger partial charge in [-0.2, -0.15) is 0 Å². The van der Waals surface area contributed by atoms with E-state index in [4.69, 9.17) is 0 Å². The third-order valence-electron chi connectivity index (χ3n) is 4.49. The van der Waals surface area contributed by atoms with Crippen molar-refractivity contribution >= 4 is 5.97 Å². The molecule has 0 aromatic carbocycles. The van der Waals surface area contributed by atoms with Crippen LogP contribution < -0.4 is 5.32 Å². The SMILES string of the molecule is CC(C)NC(C)(CCCN(C)CC1CCCN1C)C(=O)O. The smallest absolute Gasteiger partial charge is 0.323 e. The maximum absolute atomic E-state index is 11.5. The fourth-order valence-corrected chi connectivity index (χ4v) is 3.24. The fraction of sp³-hybridized carbons (Fsp3) is 0.938. The van der Waals surface area contributed by atoms with Crippen LogP contribution in [0.1, 0.15) is 46.5 Å². The second-order valence-corrected chi connectivity index (χ2v) is 7.08. The second kappa shape index (κ2) is 8.11. The van der Waals surface area contributed by atoms with Gasteiger partial charge >= 0.3 is 5.97 Å². The lowest BCUT2D eigenvalue weighted by Crippen LogP contribution is -2.52. The first-order valence-corrected chi connectivity index (χ1v) is 8.14. The number of rotatable bonds is 9. The minimum absolute atomic E-state index is 0.177. The molecule has 124 valence electrons. The normalized spacial score (nSPS) is 22.9. The second-order valence-electron chi connectivity index (χ2n) is 7.08. The molecule has 0 amide bonds. The van der Waals surface area contributed by atoms with E-state index in [9.17, 15) is 9.90 Å². The average Bonchev–Trinajstić information content (AvgIpc) is 2.73. The molecule has 1 aliphatic heterocycles. The summed E-state index contributed by atoms with van der Waals surface area (Å²) < 4.78 is 0. The van der Waals surface area contributed by atoms with Crippen LogP contribution in [0, 0.1) is 0 Å². The van der Waals surface area contributed by atoms with E-state index in [0.29, 0.717) is 12.5 Å². The van der Waals surface area contributed by atoms with Gasteiger partial charge in [0.1, 0.15) is 5.54 Å². The predicted molar refractivity (Wildman–Crippen MR) is 86.7 cm³/mol. The molecular weight excluding hydrogens is 266 g/mol. The number of hydrogen-bond donors (Lipinski definition) is 2. The number of carboxylic acids is 1. The van der Waals surface area contributed by atoms with Gasteiger partial charge in [0.2, 0.25) is 0 Å². The molecule has 21 heavy (non-hydrogen) atoms. The van der Waals surface area contributed by atoms with Crippen molar-refractivity contribution in [3.8, 4) is 0 Å². The van der Waals surface area contributed by atoms with Crippen molar-refractivity contribution in [1.29, 1.82) is 0 Å². The van der Waals surface area contributed by atoms with Crippen molar-refractivity contribution in [2.45, 2.75) is 64.1 Å². The lowest BCUT2D eigenvalue weighted by molar-refractivity contribution is -0.144. The Balaban J connectivity index is 2.34. The Morgan fingerprint density at radius 3 is 2.67 bits per heavy atom. The van der Waals surface area contributed by atoms with Crippen LogP contribution in [0.15, 0.2) is 0 Å². The maximum atomic E-state index is 11.5. The quantitative estimate of drug-likeness (QED) is 0.678. The van der Waals surface area contributed by atoms with E-state index in [0.717, 1.165) is 19.5 Å². The zero-order chi connectivity index (χ0) is 16.0. The minimum Gasteiger partial charge on any atom is -0.480 e. The summed E-state index contributed by atoms with van der Waals surface area (Å²) >= 11 is 0. The van der Waals surface area contributed by atoms with E-state index in [1.54, 1.807) is 6.92 Å². The molecule has 1 rings (SSSR count). The Hall–Kier alpha value is -0.650. The molecule has 1 saturated heterocycles. The van der Waals surface area contributed by atoms with Crippen LogP contribution in [0.5, 0.6) is 0 Å². The zero-order valence-electron chi connectivity index (χ0n) is 14.4. The van der Waals surface area contributed by atoms with E-state index in [1.165, 1.54) is 19.4 Å². The Labute approximate surface area is 129 Å². The van der Waals surface area contributed by atoms with Crippen molar-refractivity contribution in [1.82, 2.24) is 15.1 Å². The molecule has 0 saturated carbocycles. The molecule has 0 aromatic rings. The van der Waals surface area contributed by atoms with Crippen molar-refractivity contribution in [3.05, 3.63) is 0 Å². The summed E-state index contributed by atoms with van der Waals surface area (Å²) in [5, 5.41) is 12.6.